The fourth-order valence-corrected chi connectivity index (χ4v) is 3.44. The van der Waals surface area contributed by atoms with Crippen molar-refractivity contribution in [2.45, 2.75) is 11.4 Å². The van der Waals surface area contributed by atoms with Gasteiger partial charge < -0.3 is 0 Å². The highest BCUT2D eigenvalue weighted by Gasteiger charge is 2.28. The summed E-state index contributed by atoms with van der Waals surface area (Å²) in [6.07, 6.45) is 0. The van der Waals surface area contributed by atoms with Crippen LogP contribution in [0.5, 0.6) is 0 Å². The molecule has 3 N–H and O–H groups in total. The zero-order chi connectivity index (χ0) is 19.4. The molecule has 140 valence electrons. The van der Waals surface area contributed by atoms with Crippen molar-refractivity contribution in [1.29, 1.82) is 0 Å². The van der Waals surface area contributed by atoms with Gasteiger partial charge in [-0.25, -0.2) is 22.9 Å². The van der Waals surface area contributed by atoms with E-state index in [1.807, 2.05) is 11.4 Å². The van der Waals surface area contributed by atoms with Gasteiger partial charge in [0.2, 0.25) is 15.9 Å². The van der Waals surface area contributed by atoms with Crippen molar-refractivity contribution in [3.63, 3.8) is 0 Å². The quantitative estimate of drug-likeness (QED) is 0.617. The topological polar surface area (TPSA) is 125 Å². The number of rotatable bonds is 6. The third-order valence-corrected chi connectivity index (χ3v) is 5.14. The summed E-state index contributed by atoms with van der Waals surface area (Å²) >= 11 is 0. The number of nitrogens with one attached hydrogen (secondary N) is 3. The van der Waals surface area contributed by atoms with Crippen LogP contribution in [0.3, 0.4) is 0 Å². The molecule has 0 aromatic heterocycles. The maximum Gasteiger partial charge on any atom is 0.343 e. The van der Waals surface area contributed by atoms with Crippen LogP contribution in [0.1, 0.15) is 15.9 Å². The lowest BCUT2D eigenvalue weighted by Crippen LogP contribution is -2.44. The number of nitrogens with zero attached hydrogens (tertiary/aromatic N) is 1. The maximum absolute atomic E-state index is 12.5. The first-order valence-electron chi connectivity index (χ1n) is 7.91. The Hall–Kier alpha value is -3.24. The predicted molar refractivity (Wildman–Crippen MR) is 94.6 cm³/mol. The number of sulfonamides is 1. The molecule has 10 heteroatoms. The van der Waals surface area contributed by atoms with Gasteiger partial charge in [-0.2, -0.15) is 0 Å². The second-order valence-electron chi connectivity index (χ2n) is 5.72. The van der Waals surface area contributed by atoms with Crippen LogP contribution in [-0.4, -0.2) is 37.8 Å². The van der Waals surface area contributed by atoms with E-state index >= 15 is 0 Å². The molecule has 0 spiro atoms. The van der Waals surface area contributed by atoms with Crippen molar-refractivity contribution < 1.29 is 22.8 Å². The smallest absolute Gasteiger partial charge is 0.275 e. The Morgan fingerprint density at radius 1 is 1.07 bits per heavy atom. The Labute approximate surface area is 155 Å². The first kappa shape index (κ1) is 18.5. The highest BCUT2D eigenvalue weighted by Crippen LogP contribution is 2.13. The zero-order valence-electron chi connectivity index (χ0n) is 14.0. The van der Waals surface area contributed by atoms with E-state index in [2.05, 4.69) is 10.1 Å². The van der Waals surface area contributed by atoms with E-state index in [-0.39, 0.29) is 23.5 Å². The van der Waals surface area contributed by atoms with Crippen molar-refractivity contribution in [2.24, 2.45) is 0 Å². The van der Waals surface area contributed by atoms with E-state index in [9.17, 15) is 22.8 Å². The molecular formula is C17H16N4O5S. The number of imide groups is 1. The molecule has 2 aromatic rings. The largest absolute Gasteiger partial charge is 0.343 e. The number of carbonyl (C=O) groups is 3. The van der Waals surface area contributed by atoms with E-state index in [1.165, 1.54) is 24.3 Å². The molecule has 0 unspecified atom stereocenters. The van der Waals surface area contributed by atoms with Gasteiger partial charge in [0.1, 0.15) is 6.54 Å². The zero-order valence-corrected chi connectivity index (χ0v) is 14.8. The summed E-state index contributed by atoms with van der Waals surface area (Å²) < 4.78 is 27.4. The average molecular weight is 388 g/mol. The fourth-order valence-electron chi connectivity index (χ4n) is 2.38. The third-order valence-electron chi connectivity index (χ3n) is 3.75. The second-order valence-corrected chi connectivity index (χ2v) is 7.49. The minimum Gasteiger partial charge on any atom is -0.275 e. The Balaban J connectivity index is 1.71. The minimum atomic E-state index is -3.84. The lowest BCUT2D eigenvalue weighted by Gasteiger charge is -2.15. The molecule has 2 aromatic carbocycles. The van der Waals surface area contributed by atoms with Crippen molar-refractivity contribution in [1.82, 2.24) is 20.5 Å². The highest BCUT2D eigenvalue weighted by molar-refractivity contribution is 7.89. The summed E-state index contributed by atoms with van der Waals surface area (Å²) in [5, 5.41) is 2.84. The lowest BCUT2D eigenvalue weighted by atomic mass is 10.2. The van der Waals surface area contributed by atoms with Crippen LogP contribution in [0.15, 0.2) is 59.5 Å². The molecule has 1 aliphatic rings. The molecule has 9 nitrogen and oxygen atoms in total. The molecule has 27 heavy (non-hydrogen) atoms. The number of carbonyl (C=O) groups excluding carboxylic acids is 3. The van der Waals surface area contributed by atoms with Crippen LogP contribution in [0.25, 0.3) is 0 Å². The second kappa shape index (κ2) is 7.56. The Morgan fingerprint density at radius 2 is 1.81 bits per heavy atom. The van der Waals surface area contributed by atoms with Gasteiger partial charge in [0, 0.05) is 12.1 Å². The van der Waals surface area contributed by atoms with Gasteiger partial charge in [0.25, 0.3) is 5.91 Å². The monoisotopic (exact) mass is 388 g/mol. The first-order valence-corrected chi connectivity index (χ1v) is 9.39. The molecule has 0 bridgehead atoms. The van der Waals surface area contributed by atoms with E-state index in [4.69, 9.17) is 0 Å². The predicted octanol–water partition coefficient (Wildman–Crippen LogP) is 0.362. The summed E-state index contributed by atoms with van der Waals surface area (Å²) in [5.74, 6) is -1.25. The molecule has 0 atom stereocenters. The van der Waals surface area contributed by atoms with Gasteiger partial charge >= 0.3 is 6.03 Å². The Bertz CT molecular complexity index is 991. The maximum atomic E-state index is 12.5. The minimum absolute atomic E-state index is 0.0322. The number of amides is 4. The average Bonchev–Trinajstić information content (AvgIpc) is 2.98. The van der Waals surface area contributed by atoms with Gasteiger partial charge in [-0.15, -0.1) is 0 Å². The Kier molecular flexibility index (Phi) is 5.19. The molecule has 3 rings (SSSR count). The molecule has 0 saturated carbocycles. The molecule has 4 amide bonds. The molecule has 1 aliphatic heterocycles. The van der Waals surface area contributed by atoms with Crippen molar-refractivity contribution >= 4 is 27.9 Å². The standard InChI is InChI=1S/C17H16N4O5S/c22-15-11-21(17(24)19-15)20-16(23)13-7-4-8-14(9-13)27(25,26)18-10-12-5-2-1-3-6-12/h1-9,18H,10-11H2,(H,20,23)(H,19,22,24). The molecule has 1 heterocycles. The van der Waals surface area contributed by atoms with Gasteiger partial charge in [-0.05, 0) is 23.8 Å². The number of hydrogen-bond donors (Lipinski definition) is 3. The fraction of sp³-hybridized carbons (Fsp3) is 0.118. The van der Waals surface area contributed by atoms with Crippen LogP contribution in [-0.2, 0) is 21.4 Å². The summed E-state index contributed by atoms with van der Waals surface area (Å²) in [7, 11) is -3.84. The summed E-state index contributed by atoms with van der Waals surface area (Å²) in [6.45, 7) is -0.198. The van der Waals surface area contributed by atoms with Crippen LogP contribution in [0.2, 0.25) is 0 Å². The normalized spacial score (nSPS) is 14.1. The van der Waals surface area contributed by atoms with Crippen LogP contribution < -0.4 is 15.5 Å². The van der Waals surface area contributed by atoms with Crippen molar-refractivity contribution in [2.75, 3.05) is 6.54 Å². The molecule has 0 radical (unpaired) electrons. The van der Waals surface area contributed by atoms with E-state index in [1.54, 1.807) is 24.3 Å². The number of hydrogen-bond acceptors (Lipinski definition) is 5. The SMILES string of the molecule is O=C1CN(NC(=O)c2cccc(S(=O)(=O)NCc3ccccc3)c2)C(=O)N1. The molecule has 1 fully saturated rings. The highest BCUT2D eigenvalue weighted by atomic mass is 32.2. The van der Waals surface area contributed by atoms with E-state index in [0.29, 0.717) is 0 Å². The Morgan fingerprint density at radius 3 is 2.48 bits per heavy atom. The van der Waals surface area contributed by atoms with E-state index < -0.39 is 27.9 Å². The third kappa shape index (κ3) is 4.49. The van der Waals surface area contributed by atoms with Gasteiger partial charge in [0.05, 0.1) is 4.90 Å². The number of hydrazine groups is 1. The molecule has 1 saturated heterocycles. The lowest BCUT2D eigenvalue weighted by molar-refractivity contribution is -0.118. The van der Waals surface area contributed by atoms with Gasteiger partial charge in [-0.1, -0.05) is 36.4 Å². The number of benzene rings is 2. The van der Waals surface area contributed by atoms with Gasteiger partial charge in [-0.3, -0.25) is 20.3 Å². The van der Waals surface area contributed by atoms with Crippen LogP contribution >= 0.6 is 0 Å². The summed E-state index contributed by atoms with van der Waals surface area (Å²) in [6, 6.07) is 13.6. The van der Waals surface area contributed by atoms with Gasteiger partial charge in [0.15, 0.2) is 0 Å². The van der Waals surface area contributed by atoms with E-state index in [0.717, 1.165) is 10.6 Å². The number of urea groups is 1. The molecule has 0 aliphatic carbocycles. The van der Waals surface area contributed by atoms with Crippen LogP contribution in [0, 0.1) is 0 Å². The molecular weight excluding hydrogens is 372 g/mol. The van der Waals surface area contributed by atoms with Crippen molar-refractivity contribution in [3.8, 4) is 0 Å². The van der Waals surface area contributed by atoms with Crippen LogP contribution in [0.4, 0.5) is 4.79 Å². The first-order chi connectivity index (χ1) is 12.8. The van der Waals surface area contributed by atoms with Crippen molar-refractivity contribution in [3.05, 3.63) is 65.7 Å². The summed E-state index contributed by atoms with van der Waals surface area (Å²) in [5.41, 5.74) is 3.08. The summed E-state index contributed by atoms with van der Waals surface area (Å²) in [4.78, 5) is 34.8.